The zero-order valence-electron chi connectivity index (χ0n) is 20.8. The molecular formula is C25H25N2O+. The number of aromatic nitrogens is 1. The molecule has 140 valence electrons. The quantitative estimate of drug-likeness (QED) is 0.284. The van der Waals surface area contributed by atoms with Gasteiger partial charge in [-0.3, -0.25) is 0 Å². The fraction of sp³-hybridized carbons (Fsp3) is 0.280. The maximum Gasteiger partial charge on any atom is 0.216 e. The molecule has 0 radical (unpaired) electrons. The second-order valence-electron chi connectivity index (χ2n) is 7.46. The van der Waals surface area contributed by atoms with E-state index in [9.17, 15) is 0 Å². The molecule has 0 bridgehead atoms. The minimum absolute atomic E-state index is 0.125. The first kappa shape index (κ1) is 14.0. The molecule has 0 spiro atoms. The molecule has 1 atom stereocenters. The molecule has 0 aliphatic heterocycles. The number of hydrogen-bond donors (Lipinski definition) is 0. The first-order chi connectivity index (χ1) is 14.9. The van der Waals surface area contributed by atoms with E-state index in [0.29, 0.717) is 16.6 Å². The summed E-state index contributed by atoms with van der Waals surface area (Å²) < 4.78 is 40.5. The van der Waals surface area contributed by atoms with Crippen molar-refractivity contribution in [1.29, 1.82) is 0 Å². The van der Waals surface area contributed by atoms with E-state index in [2.05, 4.69) is 35.4 Å². The van der Waals surface area contributed by atoms with Crippen molar-refractivity contribution in [2.75, 3.05) is 0 Å². The predicted molar refractivity (Wildman–Crippen MR) is 115 cm³/mol. The van der Waals surface area contributed by atoms with Crippen LogP contribution in [-0.4, -0.2) is 0 Å². The van der Waals surface area contributed by atoms with Crippen molar-refractivity contribution in [3.05, 3.63) is 70.2 Å². The topological polar surface area (TPSA) is 21.4 Å². The normalized spacial score (nSPS) is 16.1. The Labute approximate surface area is 171 Å². The van der Waals surface area contributed by atoms with E-state index in [4.69, 9.17) is 16.5 Å². The molecule has 1 unspecified atom stereocenters. The summed E-state index contributed by atoms with van der Waals surface area (Å²) in [5, 5.41) is 1.54. The van der Waals surface area contributed by atoms with Gasteiger partial charge < -0.3 is 4.42 Å². The van der Waals surface area contributed by atoms with Gasteiger partial charge in [0, 0.05) is 35.3 Å². The summed E-state index contributed by atoms with van der Waals surface area (Å²) in [5.74, 6) is -1.92. The van der Waals surface area contributed by atoms with Crippen LogP contribution in [0.3, 0.4) is 0 Å². The van der Waals surface area contributed by atoms with Crippen molar-refractivity contribution in [3.63, 3.8) is 0 Å². The summed E-state index contributed by atoms with van der Waals surface area (Å²) in [6.45, 7) is 12.5. The van der Waals surface area contributed by atoms with Crippen LogP contribution in [-0.2, 0) is 7.05 Å². The van der Waals surface area contributed by atoms with Gasteiger partial charge in [-0.25, -0.2) is 4.85 Å². The standard InChI is InChI=1S/C25H25N2O/c1-14(2)19-12-20-18-9-8-16(4)24(22-11-15(3)10-17(5)27(22)7)25(18)28-23(20)13-21(19)26-6/h8-14H,1-5,7H3/q+1/i1D3,14D. The van der Waals surface area contributed by atoms with E-state index < -0.39 is 12.7 Å². The second-order valence-corrected chi connectivity index (χ2v) is 7.46. The van der Waals surface area contributed by atoms with Crippen LogP contribution in [0.1, 0.15) is 47.5 Å². The minimum Gasteiger partial charge on any atom is -0.456 e. The SMILES string of the molecule is [2H]C([2H])([2H])C([2H])(C)c1cc2c(cc1[N+]#[C-])oc1c(-c3cc(C)cc(C)[n+]3C)c(C)ccc12. The van der Waals surface area contributed by atoms with Gasteiger partial charge in [0.05, 0.1) is 12.1 Å². The Morgan fingerprint density at radius 1 is 1.14 bits per heavy atom. The third-order valence-electron chi connectivity index (χ3n) is 5.44. The predicted octanol–water partition coefficient (Wildman–Crippen LogP) is 6.68. The Kier molecular flexibility index (Phi) is 3.24. The van der Waals surface area contributed by atoms with E-state index in [1.807, 2.05) is 26.1 Å². The minimum atomic E-state index is -2.58. The molecule has 3 nitrogen and oxygen atoms in total. The maximum absolute atomic E-state index is 8.55. The summed E-state index contributed by atoms with van der Waals surface area (Å²) in [7, 11) is 2.02. The highest BCUT2D eigenvalue weighted by molar-refractivity contribution is 6.10. The van der Waals surface area contributed by atoms with Crippen LogP contribution in [0, 0.1) is 27.3 Å². The molecule has 4 aromatic rings. The Morgan fingerprint density at radius 3 is 2.64 bits per heavy atom. The van der Waals surface area contributed by atoms with E-state index in [1.165, 1.54) is 6.92 Å². The Hall–Kier alpha value is -3.12. The number of hydrogen-bond acceptors (Lipinski definition) is 1. The van der Waals surface area contributed by atoms with E-state index in [-0.39, 0.29) is 11.3 Å². The summed E-state index contributed by atoms with van der Waals surface area (Å²) in [5.41, 5.74) is 6.80. The highest BCUT2D eigenvalue weighted by Crippen LogP contribution is 2.40. The zero-order chi connectivity index (χ0) is 23.6. The lowest BCUT2D eigenvalue weighted by Gasteiger charge is -2.08. The van der Waals surface area contributed by atoms with Crippen LogP contribution in [0.25, 0.3) is 38.0 Å². The van der Waals surface area contributed by atoms with Crippen LogP contribution in [0.5, 0.6) is 0 Å². The van der Waals surface area contributed by atoms with Gasteiger partial charge in [0.15, 0.2) is 11.4 Å². The lowest BCUT2D eigenvalue weighted by Crippen LogP contribution is -2.35. The van der Waals surface area contributed by atoms with Crippen molar-refractivity contribution in [2.24, 2.45) is 7.05 Å². The molecule has 0 aliphatic carbocycles. The van der Waals surface area contributed by atoms with Crippen LogP contribution in [0.2, 0.25) is 0 Å². The Balaban J connectivity index is 2.11. The van der Waals surface area contributed by atoms with Crippen LogP contribution < -0.4 is 4.57 Å². The van der Waals surface area contributed by atoms with Gasteiger partial charge in [0.2, 0.25) is 5.69 Å². The first-order valence-corrected chi connectivity index (χ1v) is 9.22. The largest absolute Gasteiger partial charge is 0.456 e. The fourth-order valence-electron chi connectivity index (χ4n) is 3.89. The van der Waals surface area contributed by atoms with Crippen molar-refractivity contribution in [3.8, 4) is 11.3 Å². The number of fused-ring (bicyclic) bond motifs is 3. The van der Waals surface area contributed by atoms with Gasteiger partial charge >= 0.3 is 0 Å². The highest BCUT2D eigenvalue weighted by atomic mass is 16.3. The fourth-order valence-corrected chi connectivity index (χ4v) is 3.89. The van der Waals surface area contributed by atoms with Gasteiger partial charge in [-0.05, 0) is 42.5 Å². The van der Waals surface area contributed by atoms with Crippen LogP contribution in [0.15, 0.2) is 40.8 Å². The second kappa shape index (κ2) is 6.49. The molecule has 2 aromatic heterocycles. The number of aryl methyl sites for hydroxylation is 3. The third kappa shape index (κ3) is 2.68. The smallest absolute Gasteiger partial charge is 0.216 e. The molecule has 0 aliphatic rings. The van der Waals surface area contributed by atoms with Gasteiger partial charge in [-0.15, -0.1) is 0 Å². The lowest BCUT2D eigenvalue weighted by molar-refractivity contribution is -0.666. The Morgan fingerprint density at radius 2 is 1.93 bits per heavy atom. The van der Waals surface area contributed by atoms with Gasteiger partial charge in [-0.1, -0.05) is 32.0 Å². The van der Waals surface area contributed by atoms with Crippen molar-refractivity contribution >= 4 is 27.6 Å². The number of furan rings is 1. The zero-order valence-corrected chi connectivity index (χ0v) is 16.8. The van der Waals surface area contributed by atoms with Gasteiger partial charge in [0.1, 0.15) is 18.2 Å². The molecule has 0 fully saturated rings. The Bertz CT molecular complexity index is 1440. The van der Waals surface area contributed by atoms with Crippen molar-refractivity contribution < 1.29 is 14.5 Å². The average molecular weight is 374 g/mol. The van der Waals surface area contributed by atoms with E-state index in [1.54, 1.807) is 12.1 Å². The molecule has 0 saturated carbocycles. The number of benzene rings is 2. The third-order valence-corrected chi connectivity index (χ3v) is 5.44. The molecule has 28 heavy (non-hydrogen) atoms. The maximum atomic E-state index is 8.55. The monoisotopic (exact) mass is 373 g/mol. The first-order valence-electron chi connectivity index (χ1n) is 11.2. The summed E-state index contributed by atoms with van der Waals surface area (Å²) in [6, 6.07) is 11.4. The molecule has 4 rings (SSSR count). The molecule has 0 saturated heterocycles. The summed E-state index contributed by atoms with van der Waals surface area (Å²) in [6.07, 6.45) is 0. The molecule has 2 aromatic carbocycles. The molecule has 3 heteroatoms. The number of nitrogens with zero attached hydrogens (tertiary/aromatic N) is 2. The summed E-state index contributed by atoms with van der Waals surface area (Å²) in [4.78, 5) is 3.52. The van der Waals surface area contributed by atoms with Gasteiger partial charge in [0.25, 0.3) is 0 Å². The average Bonchev–Trinajstić information content (AvgIpc) is 3.06. The lowest BCUT2D eigenvalue weighted by atomic mass is 9.96. The van der Waals surface area contributed by atoms with Crippen molar-refractivity contribution in [2.45, 2.75) is 40.4 Å². The van der Waals surface area contributed by atoms with Crippen molar-refractivity contribution in [1.82, 2.24) is 0 Å². The molecule has 2 heterocycles. The van der Waals surface area contributed by atoms with Crippen LogP contribution >= 0.6 is 0 Å². The van der Waals surface area contributed by atoms with Gasteiger partial charge in [-0.2, -0.15) is 4.57 Å². The summed E-state index contributed by atoms with van der Waals surface area (Å²) >= 11 is 0. The number of pyridine rings is 1. The number of rotatable bonds is 2. The molecular weight excluding hydrogens is 344 g/mol. The van der Waals surface area contributed by atoms with Crippen LogP contribution in [0.4, 0.5) is 5.69 Å². The molecule has 0 N–H and O–H groups in total. The molecule has 0 amide bonds. The van der Waals surface area contributed by atoms with E-state index in [0.717, 1.165) is 33.5 Å². The highest BCUT2D eigenvalue weighted by Gasteiger charge is 2.23. The van der Waals surface area contributed by atoms with E-state index >= 15 is 0 Å².